The Morgan fingerprint density at radius 3 is 2.34 bits per heavy atom. The summed E-state index contributed by atoms with van der Waals surface area (Å²) in [6.45, 7) is 9.31. The van der Waals surface area contributed by atoms with Crippen LogP contribution < -0.4 is 10.1 Å². The van der Waals surface area contributed by atoms with Crippen molar-refractivity contribution in [3.63, 3.8) is 0 Å². The van der Waals surface area contributed by atoms with Crippen LogP contribution in [0.2, 0.25) is 0 Å². The number of anilines is 2. The Hall–Kier alpha value is -2.92. The lowest BCUT2D eigenvalue weighted by molar-refractivity contribution is 0.340. The summed E-state index contributed by atoms with van der Waals surface area (Å²) >= 11 is 1.63. The lowest BCUT2D eigenvalue weighted by atomic mass is 9.87. The Balaban J connectivity index is 1.69. The zero-order valence-corrected chi connectivity index (χ0v) is 18.0. The molecule has 0 atom stereocenters. The molecule has 0 saturated heterocycles. The van der Waals surface area contributed by atoms with Gasteiger partial charge in [0.15, 0.2) is 0 Å². The van der Waals surface area contributed by atoms with Gasteiger partial charge in [-0.3, -0.25) is 0 Å². The molecule has 0 unspecified atom stereocenters. The molecule has 1 N–H and O–H groups in total. The summed E-state index contributed by atoms with van der Waals surface area (Å²) in [5.41, 5.74) is 4.71. The van der Waals surface area contributed by atoms with Gasteiger partial charge in [-0.25, -0.2) is 9.97 Å². The fourth-order valence-corrected chi connectivity index (χ4v) is 4.19. The number of fused-ring (bicyclic) bond motifs is 1. The Morgan fingerprint density at radius 2 is 1.69 bits per heavy atom. The predicted octanol–water partition coefficient (Wildman–Crippen LogP) is 6.80. The third kappa shape index (κ3) is 4.10. The number of nitrogens with zero attached hydrogens (tertiary/aromatic N) is 2. The fourth-order valence-electron chi connectivity index (χ4n) is 3.27. The molecule has 4 aromatic rings. The van der Waals surface area contributed by atoms with E-state index in [0.717, 1.165) is 38.6 Å². The molecule has 148 valence electrons. The van der Waals surface area contributed by atoms with Crippen molar-refractivity contribution in [2.24, 2.45) is 0 Å². The molecule has 2 aromatic carbocycles. The lowest BCUT2D eigenvalue weighted by Gasteiger charge is -2.19. The normalized spacial score (nSPS) is 11.6. The molecule has 0 radical (unpaired) electrons. The van der Waals surface area contributed by atoms with Gasteiger partial charge in [0.05, 0.1) is 12.0 Å². The first-order chi connectivity index (χ1) is 14.0. The van der Waals surface area contributed by atoms with Crippen molar-refractivity contribution in [2.75, 3.05) is 11.9 Å². The zero-order valence-electron chi connectivity index (χ0n) is 17.2. The minimum Gasteiger partial charge on any atom is -0.494 e. The molecule has 29 heavy (non-hydrogen) atoms. The van der Waals surface area contributed by atoms with Crippen molar-refractivity contribution in [3.05, 3.63) is 65.8 Å². The van der Waals surface area contributed by atoms with Gasteiger partial charge < -0.3 is 10.1 Å². The van der Waals surface area contributed by atoms with E-state index in [9.17, 15) is 0 Å². The average Bonchev–Trinajstić information content (AvgIpc) is 3.14. The van der Waals surface area contributed by atoms with Crippen LogP contribution in [0, 0.1) is 0 Å². The average molecular weight is 404 g/mol. The molecular weight excluding hydrogens is 378 g/mol. The number of ether oxygens (including phenoxy) is 1. The van der Waals surface area contributed by atoms with E-state index in [1.165, 1.54) is 5.56 Å². The molecule has 4 rings (SSSR count). The summed E-state index contributed by atoms with van der Waals surface area (Å²) < 4.78 is 5.57. The quantitative estimate of drug-likeness (QED) is 0.398. The van der Waals surface area contributed by atoms with Gasteiger partial charge in [-0.2, -0.15) is 0 Å². The monoisotopic (exact) mass is 403 g/mol. The number of rotatable bonds is 5. The molecular formula is C24H25N3OS. The molecule has 0 fully saturated rings. The molecule has 0 amide bonds. The Morgan fingerprint density at radius 1 is 0.966 bits per heavy atom. The van der Waals surface area contributed by atoms with E-state index < -0.39 is 0 Å². The van der Waals surface area contributed by atoms with E-state index in [4.69, 9.17) is 4.74 Å². The van der Waals surface area contributed by atoms with Crippen molar-refractivity contribution >= 4 is 33.1 Å². The largest absolute Gasteiger partial charge is 0.494 e. The van der Waals surface area contributed by atoms with Crippen molar-refractivity contribution < 1.29 is 4.74 Å². The number of hydrogen-bond acceptors (Lipinski definition) is 5. The van der Waals surface area contributed by atoms with Gasteiger partial charge in [0.25, 0.3) is 0 Å². The van der Waals surface area contributed by atoms with Crippen molar-refractivity contribution in [1.82, 2.24) is 9.97 Å². The van der Waals surface area contributed by atoms with E-state index in [0.29, 0.717) is 6.61 Å². The highest BCUT2D eigenvalue weighted by Crippen LogP contribution is 2.38. The van der Waals surface area contributed by atoms with Crippen LogP contribution in [-0.2, 0) is 5.41 Å². The SMILES string of the molecule is CCOc1ccc(-c2csc3ncnc(Nc4ccc(C(C)(C)C)cc4)c23)cc1. The summed E-state index contributed by atoms with van der Waals surface area (Å²) in [4.78, 5) is 9.97. The van der Waals surface area contributed by atoms with Crippen molar-refractivity contribution in [2.45, 2.75) is 33.1 Å². The highest BCUT2D eigenvalue weighted by molar-refractivity contribution is 7.17. The number of thiophene rings is 1. The van der Waals surface area contributed by atoms with Crippen molar-refractivity contribution in [1.29, 1.82) is 0 Å². The molecule has 0 aliphatic heterocycles. The van der Waals surface area contributed by atoms with Crippen LogP contribution in [0.5, 0.6) is 5.75 Å². The van der Waals surface area contributed by atoms with Crippen LogP contribution in [0.25, 0.3) is 21.3 Å². The summed E-state index contributed by atoms with van der Waals surface area (Å²) in [5, 5.41) is 6.67. The van der Waals surface area contributed by atoms with E-state index >= 15 is 0 Å². The summed E-state index contributed by atoms with van der Waals surface area (Å²) in [5.74, 6) is 1.70. The fraction of sp³-hybridized carbons (Fsp3) is 0.250. The number of nitrogens with one attached hydrogen (secondary N) is 1. The first-order valence-corrected chi connectivity index (χ1v) is 10.7. The van der Waals surface area contributed by atoms with Crippen LogP contribution in [0.1, 0.15) is 33.3 Å². The minimum atomic E-state index is 0.134. The predicted molar refractivity (Wildman–Crippen MR) is 122 cm³/mol. The smallest absolute Gasteiger partial charge is 0.143 e. The highest BCUT2D eigenvalue weighted by atomic mass is 32.1. The Bertz CT molecular complexity index is 1110. The number of benzene rings is 2. The topological polar surface area (TPSA) is 47.0 Å². The zero-order chi connectivity index (χ0) is 20.4. The standard InChI is InChI=1S/C24H25N3OS/c1-5-28-19-12-6-16(7-13-19)20-14-29-23-21(20)22(25-15-26-23)27-18-10-8-17(9-11-18)24(2,3)4/h6-15H,5H2,1-4H3,(H,25,26,27). The van der Waals surface area contributed by atoms with E-state index in [2.05, 4.69) is 77.8 Å². The molecule has 0 bridgehead atoms. The van der Waals surface area contributed by atoms with Gasteiger partial charge >= 0.3 is 0 Å². The Labute approximate surface area is 175 Å². The molecule has 5 heteroatoms. The maximum absolute atomic E-state index is 5.57. The van der Waals surface area contributed by atoms with Crippen LogP contribution in [0.15, 0.2) is 60.2 Å². The first-order valence-electron chi connectivity index (χ1n) is 9.78. The number of hydrogen-bond donors (Lipinski definition) is 1. The van der Waals surface area contributed by atoms with Gasteiger partial charge in [0.2, 0.25) is 0 Å². The lowest BCUT2D eigenvalue weighted by Crippen LogP contribution is -2.10. The maximum atomic E-state index is 5.57. The molecule has 4 nitrogen and oxygen atoms in total. The second kappa shape index (κ2) is 7.84. The molecule has 2 aromatic heterocycles. The Kier molecular flexibility index (Phi) is 5.24. The van der Waals surface area contributed by atoms with Gasteiger partial charge in [0, 0.05) is 16.6 Å². The summed E-state index contributed by atoms with van der Waals surface area (Å²) in [7, 11) is 0. The molecule has 0 spiro atoms. The van der Waals surface area contributed by atoms with E-state index in [1.807, 2.05) is 19.1 Å². The van der Waals surface area contributed by atoms with Crippen LogP contribution in [0.3, 0.4) is 0 Å². The summed E-state index contributed by atoms with van der Waals surface area (Å²) in [6.07, 6.45) is 1.62. The maximum Gasteiger partial charge on any atom is 0.143 e. The second-order valence-electron chi connectivity index (χ2n) is 7.96. The minimum absolute atomic E-state index is 0.134. The van der Waals surface area contributed by atoms with Gasteiger partial charge in [-0.1, -0.05) is 45.0 Å². The van der Waals surface area contributed by atoms with Crippen molar-refractivity contribution in [3.8, 4) is 16.9 Å². The molecule has 2 heterocycles. The highest BCUT2D eigenvalue weighted by Gasteiger charge is 2.15. The third-order valence-corrected chi connectivity index (χ3v) is 5.75. The summed E-state index contributed by atoms with van der Waals surface area (Å²) in [6, 6.07) is 16.7. The number of aromatic nitrogens is 2. The molecule has 0 saturated carbocycles. The second-order valence-corrected chi connectivity index (χ2v) is 8.82. The van der Waals surface area contributed by atoms with Crippen LogP contribution >= 0.6 is 11.3 Å². The van der Waals surface area contributed by atoms with Crippen LogP contribution in [0.4, 0.5) is 11.5 Å². The van der Waals surface area contributed by atoms with Crippen LogP contribution in [-0.4, -0.2) is 16.6 Å². The van der Waals surface area contributed by atoms with Gasteiger partial charge in [-0.15, -0.1) is 11.3 Å². The first kappa shape index (κ1) is 19.4. The third-order valence-electron chi connectivity index (χ3n) is 4.86. The van der Waals surface area contributed by atoms with E-state index in [-0.39, 0.29) is 5.41 Å². The van der Waals surface area contributed by atoms with Gasteiger partial charge in [-0.05, 0) is 47.7 Å². The van der Waals surface area contributed by atoms with E-state index in [1.54, 1.807) is 17.7 Å². The van der Waals surface area contributed by atoms with Gasteiger partial charge in [0.1, 0.15) is 22.7 Å². The molecule has 0 aliphatic rings. The molecule has 0 aliphatic carbocycles.